The maximum absolute atomic E-state index is 14.2. The summed E-state index contributed by atoms with van der Waals surface area (Å²) >= 11 is 0. The van der Waals surface area contributed by atoms with Crippen LogP contribution >= 0.6 is 0 Å². The molecule has 0 aliphatic rings. The van der Waals surface area contributed by atoms with Crippen molar-refractivity contribution in [3.05, 3.63) is 95.6 Å². The van der Waals surface area contributed by atoms with E-state index in [2.05, 4.69) is 5.32 Å². The van der Waals surface area contributed by atoms with Gasteiger partial charge in [-0.25, -0.2) is 9.59 Å². The number of nitrogens with zero attached hydrogens (tertiary/aromatic N) is 2. The zero-order valence-corrected chi connectivity index (χ0v) is 26.8. The van der Waals surface area contributed by atoms with Crippen molar-refractivity contribution in [3.8, 4) is 11.5 Å². The summed E-state index contributed by atoms with van der Waals surface area (Å²) in [7, 11) is 3.19. The highest BCUT2D eigenvalue weighted by Gasteiger charge is 2.28. The van der Waals surface area contributed by atoms with Crippen molar-refractivity contribution in [2.75, 3.05) is 20.8 Å². The van der Waals surface area contributed by atoms with Crippen LogP contribution in [0.15, 0.2) is 78.9 Å². The number of hydrogen-bond donors (Lipinski definition) is 2. The Kier molecular flexibility index (Phi) is 13.1. The minimum Gasteiger partial charge on any atom is -0.497 e. The zero-order valence-electron chi connectivity index (χ0n) is 26.8. The van der Waals surface area contributed by atoms with Crippen molar-refractivity contribution in [3.63, 3.8) is 0 Å². The van der Waals surface area contributed by atoms with Gasteiger partial charge in [-0.15, -0.1) is 0 Å². The summed E-state index contributed by atoms with van der Waals surface area (Å²) in [4.78, 5) is 42.0. The van der Waals surface area contributed by atoms with Crippen molar-refractivity contribution >= 4 is 18.1 Å². The highest BCUT2D eigenvalue weighted by atomic mass is 16.6. The fourth-order valence-corrected chi connectivity index (χ4v) is 4.74. The number of benzene rings is 3. The van der Waals surface area contributed by atoms with E-state index in [4.69, 9.17) is 14.2 Å². The topological polar surface area (TPSA) is 118 Å². The second-order valence-electron chi connectivity index (χ2n) is 11.8. The highest BCUT2D eigenvalue weighted by Crippen LogP contribution is 2.19. The van der Waals surface area contributed by atoms with E-state index < -0.39 is 23.8 Å². The molecule has 0 radical (unpaired) electrons. The van der Waals surface area contributed by atoms with Gasteiger partial charge in [0, 0.05) is 26.2 Å². The number of carbonyl (C=O) groups excluding carboxylic acids is 2. The number of alkyl carbamates (subject to hydrolysis) is 1. The molecule has 2 N–H and O–H groups in total. The largest absolute Gasteiger partial charge is 0.497 e. The Hall–Kier alpha value is -4.73. The second-order valence-corrected chi connectivity index (χ2v) is 11.8. The Labute approximate surface area is 265 Å². The monoisotopic (exact) mass is 619 g/mol. The lowest BCUT2D eigenvalue weighted by Gasteiger charge is -2.29. The number of carboxylic acid groups (broad SMARTS) is 1. The van der Waals surface area contributed by atoms with Crippen LogP contribution in [-0.2, 0) is 29.2 Å². The van der Waals surface area contributed by atoms with Crippen LogP contribution < -0.4 is 14.8 Å². The first-order valence-corrected chi connectivity index (χ1v) is 15.0. The molecule has 45 heavy (non-hydrogen) atoms. The normalized spacial score (nSPS) is 11.7. The molecule has 0 aromatic heterocycles. The molecule has 3 rings (SSSR count). The first-order valence-electron chi connectivity index (χ1n) is 15.0. The van der Waals surface area contributed by atoms with E-state index in [-0.39, 0.29) is 12.5 Å². The molecule has 3 aromatic carbocycles. The molecule has 0 aliphatic carbocycles. The van der Waals surface area contributed by atoms with Crippen LogP contribution in [-0.4, -0.2) is 65.4 Å². The van der Waals surface area contributed by atoms with E-state index >= 15 is 0 Å². The summed E-state index contributed by atoms with van der Waals surface area (Å²) in [6.45, 7) is 6.44. The fourth-order valence-electron chi connectivity index (χ4n) is 4.74. The number of carbonyl (C=O) groups is 3. The first-order chi connectivity index (χ1) is 21.5. The maximum atomic E-state index is 14.2. The van der Waals surface area contributed by atoms with Gasteiger partial charge in [0.1, 0.15) is 23.1 Å². The van der Waals surface area contributed by atoms with E-state index in [1.807, 2.05) is 78.9 Å². The third kappa shape index (κ3) is 12.1. The van der Waals surface area contributed by atoms with Gasteiger partial charge in [-0.1, -0.05) is 54.6 Å². The molecular formula is C35H45N3O7. The summed E-state index contributed by atoms with van der Waals surface area (Å²) in [6.07, 6.45) is -0.382. The lowest BCUT2D eigenvalue weighted by atomic mass is 10.1. The second kappa shape index (κ2) is 16.9. The summed E-state index contributed by atoms with van der Waals surface area (Å²) < 4.78 is 16.1. The maximum Gasteiger partial charge on any atom is 0.408 e. The van der Waals surface area contributed by atoms with Gasteiger partial charge >= 0.3 is 12.2 Å². The van der Waals surface area contributed by atoms with E-state index in [0.717, 1.165) is 16.7 Å². The average molecular weight is 620 g/mol. The quantitative estimate of drug-likeness (QED) is 0.187. The standard InChI is InChI=1S/C35H45N3O7/c1-35(2,3)45-33(40)36-31(13-9-10-22-37(34(41)42)23-26-11-7-6-8-12-26)32(39)38(24-27-14-18-29(43-4)19-15-27)25-28-16-20-30(44-5)21-17-28/h6-8,11-12,14-21,31H,9-10,13,22-25H2,1-5H3,(H,36,40)(H,41,42). The van der Waals surface area contributed by atoms with Crippen molar-refractivity contribution in [2.45, 2.75) is 71.3 Å². The van der Waals surface area contributed by atoms with E-state index in [9.17, 15) is 19.5 Å². The molecule has 0 saturated heterocycles. The van der Waals surface area contributed by atoms with Crippen LogP contribution in [0.4, 0.5) is 9.59 Å². The van der Waals surface area contributed by atoms with Gasteiger partial charge in [0.15, 0.2) is 0 Å². The van der Waals surface area contributed by atoms with Crippen LogP contribution in [0.25, 0.3) is 0 Å². The van der Waals surface area contributed by atoms with Gasteiger partial charge in [-0.3, -0.25) is 4.79 Å². The summed E-state index contributed by atoms with van der Waals surface area (Å²) in [5.41, 5.74) is 1.94. The lowest BCUT2D eigenvalue weighted by Crippen LogP contribution is -2.49. The SMILES string of the molecule is COc1ccc(CN(Cc2ccc(OC)cc2)C(=O)C(CCCCN(Cc2ccccc2)C(=O)O)NC(=O)OC(C)(C)C)cc1. The Balaban J connectivity index is 1.79. The van der Waals surface area contributed by atoms with Crippen LogP contribution in [0, 0.1) is 0 Å². The van der Waals surface area contributed by atoms with Gasteiger partial charge in [-0.2, -0.15) is 0 Å². The van der Waals surface area contributed by atoms with E-state index in [0.29, 0.717) is 50.4 Å². The molecule has 1 atom stereocenters. The number of methoxy groups -OCH3 is 2. The molecule has 242 valence electrons. The Morgan fingerprint density at radius 3 is 1.69 bits per heavy atom. The molecule has 0 fully saturated rings. The van der Waals surface area contributed by atoms with Gasteiger partial charge in [0.25, 0.3) is 0 Å². The summed E-state index contributed by atoms with van der Waals surface area (Å²) in [6, 6.07) is 23.5. The smallest absolute Gasteiger partial charge is 0.408 e. The molecule has 0 aliphatic heterocycles. The number of rotatable bonds is 15. The van der Waals surface area contributed by atoms with Gasteiger partial charge in [0.05, 0.1) is 14.2 Å². The lowest BCUT2D eigenvalue weighted by molar-refractivity contribution is -0.135. The summed E-state index contributed by atoms with van der Waals surface area (Å²) in [5.74, 6) is 1.14. The molecule has 10 heteroatoms. The molecule has 3 amide bonds. The molecule has 0 spiro atoms. The predicted octanol–water partition coefficient (Wildman–Crippen LogP) is 6.48. The molecule has 1 unspecified atom stereocenters. The first kappa shape index (κ1) is 34.8. The van der Waals surface area contributed by atoms with Gasteiger partial charge < -0.3 is 34.4 Å². The van der Waals surface area contributed by atoms with Gasteiger partial charge in [-0.05, 0) is 81.0 Å². The molecule has 3 aromatic rings. The minimum atomic E-state index is -1.01. The number of amides is 3. The Morgan fingerprint density at radius 1 is 0.733 bits per heavy atom. The number of unbranched alkanes of at least 4 members (excludes halogenated alkanes) is 1. The third-order valence-corrected chi connectivity index (χ3v) is 7.02. The number of hydrogen-bond acceptors (Lipinski definition) is 6. The van der Waals surface area contributed by atoms with Crippen LogP contribution in [0.1, 0.15) is 56.7 Å². The molecular weight excluding hydrogens is 574 g/mol. The van der Waals surface area contributed by atoms with Crippen LogP contribution in [0.5, 0.6) is 11.5 Å². The summed E-state index contributed by atoms with van der Waals surface area (Å²) in [5, 5.41) is 12.5. The van der Waals surface area contributed by atoms with Crippen LogP contribution in [0.2, 0.25) is 0 Å². The average Bonchev–Trinajstić information content (AvgIpc) is 3.01. The van der Waals surface area contributed by atoms with Crippen molar-refractivity contribution < 1.29 is 33.7 Å². The molecule has 10 nitrogen and oxygen atoms in total. The van der Waals surface area contributed by atoms with Crippen molar-refractivity contribution in [2.24, 2.45) is 0 Å². The van der Waals surface area contributed by atoms with E-state index in [1.54, 1.807) is 39.9 Å². The van der Waals surface area contributed by atoms with E-state index in [1.165, 1.54) is 4.90 Å². The molecule has 0 saturated carbocycles. The minimum absolute atomic E-state index is 0.270. The van der Waals surface area contributed by atoms with Crippen molar-refractivity contribution in [1.29, 1.82) is 0 Å². The third-order valence-electron chi connectivity index (χ3n) is 7.02. The number of ether oxygens (including phenoxy) is 3. The number of nitrogens with one attached hydrogen (secondary N) is 1. The van der Waals surface area contributed by atoms with Crippen molar-refractivity contribution in [1.82, 2.24) is 15.1 Å². The zero-order chi connectivity index (χ0) is 32.8. The highest BCUT2D eigenvalue weighted by molar-refractivity contribution is 5.85. The fraction of sp³-hybridized carbons (Fsp3) is 0.400. The Bertz CT molecular complexity index is 1310. The van der Waals surface area contributed by atoms with Gasteiger partial charge in [0.2, 0.25) is 5.91 Å². The molecule has 0 bridgehead atoms. The van der Waals surface area contributed by atoms with Crippen LogP contribution in [0.3, 0.4) is 0 Å². The Morgan fingerprint density at radius 2 is 1.22 bits per heavy atom. The predicted molar refractivity (Wildman–Crippen MR) is 172 cm³/mol. The molecule has 0 heterocycles.